The summed E-state index contributed by atoms with van der Waals surface area (Å²) in [6.07, 6.45) is -1.45. The van der Waals surface area contributed by atoms with E-state index in [9.17, 15) is 27.3 Å². The number of nitrogens with zero attached hydrogens (tertiary/aromatic N) is 3. The number of carbonyl (C=O) groups excluding carboxylic acids is 1. The first-order valence-electron chi connectivity index (χ1n) is 12.4. The third-order valence-electron chi connectivity index (χ3n) is 6.79. The lowest BCUT2D eigenvalue weighted by molar-refractivity contribution is -0.286. The maximum atomic E-state index is 13.5. The third kappa shape index (κ3) is 6.78. The molecule has 1 N–H and O–H groups in total. The maximum absolute atomic E-state index is 13.5. The van der Waals surface area contributed by atoms with Crippen LogP contribution in [0.4, 0.5) is 8.78 Å². The molecule has 0 aliphatic carbocycles. The normalized spacial score (nSPS) is 17.0. The van der Waals surface area contributed by atoms with Crippen LogP contribution in [0, 0.1) is 17.2 Å². The molecule has 2 aromatic rings. The molecule has 3 heterocycles. The Kier molecular flexibility index (Phi) is 8.21. The summed E-state index contributed by atoms with van der Waals surface area (Å²) in [5, 5.41) is 9.75. The zero-order valence-corrected chi connectivity index (χ0v) is 23.3. The first-order chi connectivity index (χ1) is 18.7. The van der Waals surface area contributed by atoms with E-state index in [1.165, 1.54) is 31.4 Å². The first-order valence-corrected chi connectivity index (χ1v) is 14.3. The molecule has 2 aliphatic heterocycles. The van der Waals surface area contributed by atoms with Crippen LogP contribution in [0.3, 0.4) is 0 Å². The second-order valence-electron chi connectivity index (χ2n) is 10.3. The Hall–Kier alpha value is -3.54. The predicted octanol–water partition coefficient (Wildman–Crippen LogP) is 3.18. The number of hydrogen-bond donors (Lipinski definition) is 1. The summed E-state index contributed by atoms with van der Waals surface area (Å²) in [7, 11) is -1.95. The van der Waals surface area contributed by atoms with Crippen molar-refractivity contribution in [3.63, 3.8) is 0 Å². The lowest BCUT2D eigenvalue weighted by atomic mass is 9.81. The van der Waals surface area contributed by atoms with Gasteiger partial charge in [-0.1, -0.05) is 6.07 Å². The number of likely N-dealkylation sites (tertiary alicyclic amines) is 1. The maximum Gasteiger partial charge on any atom is 0.586 e. The number of alkyl halides is 2. The van der Waals surface area contributed by atoms with Crippen LogP contribution < -0.4 is 18.9 Å². The molecule has 1 saturated heterocycles. The average molecular weight is 581 g/mol. The molecule has 1 aromatic carbocycles. The molecule has 0 bridgehead atoms. The van der Waals surface area contributed by atoms with Crippen molar-refractivity contribution in [1.82, 2.24) is 14.6 Å². The number of methoxy groups -OCH3 is 1. The number of pyridine rings is 1. The van der Waals surface area contributed by atoms with Gasteiger partial charge in [-0.05, 0) is 56.4 Å². The molecule has 2 aliphatic rings. The van der Waals surface area contributed by atoms with E-state index in [2.05, 4.69) is 19.2 Å². The predicted molar refractivity (Wildman–Crippen MR) is 137 cm³/mol. The summed E-state index contributed by atoms with van der Waals surface area (Å²) in [5.74, 6) is -0.585. The van der Waals surface area contributed by atoms with Crippen molar-refractivity contribution >= 4 is 15.9 Å². The van der Waals surface area contributed by atoms with Gasteiger partial charge in [-0.15, -0.1) is 8.78 Å². The van der Waals surface area contributed by atoms with Crippen molar-refractivity contribution < 1.29 is 40.9 Å². The van der Waals surface area contributed by atoms with Crippen molar-refractivity contribution in [1.29, 1.82) is 5.26 Å². The van der Waals surface area contributed by atoms with Crippen LogP contribution in [0.5, 0.6) is 17.4 Å². The number of rotatable bonds is 9. The van der Waals surface area contributed by atoms with E-state index in [1.54, 1.807) is 4.90 Å². The Balaban J connectivity index is 1.49. The highest BCUT2D eigenvalue weighted by Gasteiger charge is 2.43. The molecule has 0 radical (unpaired) electrons. The fraction of sp³-hybridized carbons (Fsp3) is 0.500. The van der Waals surface area contributed by atoms with Gasteiger partial charge in [0.25, 0.3) is 5.91 Å². The number of piperidine rings is 1. The van der Waals surface area contributed by atoms with Crippen LogP contribution in [0.2, 0.25) is 0 Å². The van der Waals surface area contributed by atoms with Gasteiger partial charge in [-0.25, -0.2) is 18.1 Å². The van der Waals surface area contributed by atoms with Gasteiger partial charge in [0.2, 0.25) is 15.9 Å². The van der Waals surface area contributed by atoms with Gasteiger partial charge in [-0.3, -0.25) is 4.79 Å². The Labute approximate surface area is 231 Å². The minimum atomic E-state index is -3.74. The molecule has 1 fully saturated rings. The molecule has 4 rings (SSSR count). The molecule has 0 unspecified atom stereocenters. The lowest BCUT2D eigenvalue weighted by Gasteiger charge is -2.40. The third-order valence-corrected chi connectivity index (χ3v) is 7.69. The number of carbonyl (C=O) groups is 1. The zero-order chi connectivity index (χ0) is 29.3. The number of sulfonamides is 1. The Bertz CT molecular complexity index is 1440. The topological polar surface area (TPSA) is 140 Å². The lowest BCUT2D eigenvalue weighted by Crippen LogP contribution is -2.52. The smallest absolute Gasteiger partial charge is 0.472 e. The van der Waals surface area contributed by atoms with E-state index in [-0.39, 0.29) is 59.2 Å². The van der Waals surface area contributed by atoms with Crippen LogP contribution in [0.15, 0.2) is 24.3 Å². The fourth-order valence-corrected chi connectivity index (χ4v) is 6.05. The molecule has 11 nitrogen and oxygen atoms in total. The Morgan fingerprint density at radius 3 is 2.52 bits per heavy atom. The van der Waals surface area contributed by atoms with E-state index < -0.39 is 21.9 Å². The van der Waals surface area contributed by atoms with E-state index >= 15 is 0 Å². The number of ether oxygens (including phenoxy) is 4. The Morgan fingerprint density at radius 1 is 1.23 bits per heavy atom. The number of fused-ring (bicyclic) bond motifs is 1. The van der Waals surface area contributed by atoms with Gasteiger partial charge in [0, 0.05) is 25.7 Å². The van der Waals surface area contributed by atoms with Crippen molar-refractivity contribution in [3.8, 4) is 23.4 Å². The summed E-state index contributed by atoms with van der Waals surface area (Å²) in [6.45, 7) is 4.31. The molecule has 0 atom stereocenters. The van der Waals surface area contributed by atoms with Crippen molar-refractivity contribution in [2.75, 3.05) is 26.5 Å². The van der Waals surface area contributed by atoms with Crippen molar-refractivity contribution in [2.45, 2.75) is 51.7 Å². The van der Waals surface area contributed by atoms with E-state index in [0.717, 1.165) is 6.26 Å². The molecule has 40 heavy (non-hydrogen) atoms. The minimum absolute atomic E-state index is 0.0175. The number of benzene rings is 1. The number of hydrogen-bond acceptors (Lipinski definition) is 9. The molecule has 216 valence electrons. The van der Waals surface area contributed by atoms with Crippen LogP contribution in [-0.4, -0.2) is 62.5 Å². The van der Waals surface area contributed by atoms with Crippen molar-refractivity contribution in [3.05, 3.63) is 46.6 Å². The second kappa shape index (κ2) is 11.1. The highest BCUT2D eigenvalue weighted by Crippen LogP contribution is 2.41. The van der Waals surface area contributed by atoms with Gasteiger partial charge in [0.1, 0.15) is 18.2 Å². The van der Waals surface area contributed by atoms with Crippen LogP contribution in [0.1, 0.15) is 53.9 Å². The van der Waals surface area contributed by atoms with Gasteiger partial charge < -0.3 is 23.8 Å². The molecular weight excluding hydrogens is 550 g/mol. The number of nitrogens with one attached hydrogen (secondary N) is 1. The first kappa shape index (κ1) is 29.4. The molecule has 1 amide bonds. The highest BCUT2D eigenvalue weighted by molar-refractivity contribution is 7.88. The molecular formula is C26H30F2N4O7S. The van der Waals surface area contributed by atoms with Gasteiger partial charge >= 0.3 is 6.29 Å². The minimum Gasteiger partial charge on any atom is -0.472 e. The summed E-state index contributed by atoms with van der Waals surface area (Å²) < 4.78 is 72.6. The SMILES string of the molecule is COCc1nc(OCc2ccc3c(c2)OC(F)(F)O3)c(C#N)cc1C(=O)N1CCC(C(C)(C)NS(C)(=O)=O)CC1. The molecule has 1 aromatic heterocycles. The summed E-state index contributed by atoms with van der Waals surface area (Å²) in [5.41, 5.74) is 0.285. The van der Waals surface area contributed by atoms with Crippen LogP contribution in [-0.2, 0) is 28.0 Å². The number of aromatic nitrogens is 1. The number of amides is 1. The van der Waals surface area contributed by atoms with E-state index in [1.807, 2.05) is 19.9 Å². The van der Waals surface area contributed by atoms with Crippen molar-refractivity contribution in [2.24, 2.45) is 5.92 Å². The standard InChI is InChI=1S/C26H30F2N4O7S/c1-25(2,31-40(4,34)35)18-7-9-32(10-8-18)24(33)19-12-17(13-29)23(30-20(19)15-36-3)37-14-16-5-6-21-22(11-16)39-26(27,28)38-21/h5-6,11-12,18,31H,7-10,14-15H2,1-4H3. The largest absolute Gasteiger partial charge is 0.586 e. The number of halogens is 2. The second-order valence-corrected chi connectivity index (χ2v) is 12.0. The van der Waals surface area contributed by atoms with E-state index in [0.29, 0.717) is 31.5 Å². The van der Waals surface area contributed by atoms with Gasteiger partial charge in [-0.2, -0.15) is 5.26 Å². The molecule has 0 spiro atoms. The van der Waals surface area contributed by atoms with Gasteiger partial charge in [0.05, 0.1) is 24.1 Å². The Morgan fingerprint density at radius 2 is 1.90 bits per heavy atom. The van der Waals surface area contributed by atoms with E-state index in [4.69, 9.17) is 9.47 Å². The van der Waals surface area contributed by atoms with Crippen LogP contribution >= 0.6 is 0 Å². The summed E-state index contributed by atoms with van der Waals surface area (Å²) in [4.78, 5) is 19.5. The summed E-state index contributed by atoms with van der Waals surface area (Å²) in [6, 6.07) is 7.58. The molecule has 14 heteroatoms. The van der Waals surface area contributed by atoms with Crippen LogP contribution in [0.25, 0.3) is 0 Å². The summed E-state index contributed by atoms with van der Waals surface area (Å²) >= 11 is 0. The average Bonchev–Trinajstić information content (AvgIpc) is 3.19. The highest BCUT2D eigenvalue weighted by atomic mass is 32.2. The monoisotopic (exact) mass is 580 g/mol. The molecule has 0 saturated carbocycles. The van der Waals surface area contributed by atoms with Gasteiger partial charge in [0.15, 0.2) is 11.5 Å². The quantitative estimate of drug-likeness (QED) is 0.474. The zero-order valence-electron chi connectivity index (χ0n) is 22.5. The number of nitriles is 1. The fourth-order valence-electron chi connectivity index (χ4n) is 4.93.